The van der Waals surface area contributed by atoms with Gasteiger partial charge in [-0.05, 0) is 29.2 Å². The highest BCUT2D eigenvalue weighted by Gasteiger charge is 2.16. The van der Waals surface area contributed by atoms with Crippen LogP contribution in [0.1, 0.15) is 25.3 Å². The van der Waals surface area contributed by atoms with Gasteiger partial charge < -0.3 is 4.98 Å². The fourth-order valence-electron chi connectivity index (χ4n) is 2.75. The molecular formula is C18H16ClNO. The third-order valence-corrected chi connectivity index (χ3v) is 3.89. The lowest BCUT2D eigenvalue weighted by Crippen LogP contribution is -2.16. The highest BCUT2D eigenvalue weighted by molar-refractivity contribution is 6.31. The standard InChI is InChI=1S/C18H16ClNO/c1-11(2)16-17(12-6-4-3-5-7-12)14-9-8-13(19)10-15(14)20-18(16)21/h3-11H,1-2H3,(H,20,21). The Hall–Kier alpha value is -2.06. The van der Waals surface area contributed by atoms with Crippen molar-refractivity contribution in [3.05, 3.63) is 69.5 Å². The number of H-pyrrole nitrogens is 1. The van der Waals surface area contributed by atoms with Crippen LogP contribution in [0.3, 0.4) is 0 Å². The van der Waals surface area contributed by atoms with Crippen molar-refractivity contribution in [1.29, 1.82) is 0 Å². The van der Waals surface area contributed by atoms with Crippen molar-refractivity contribution in [3.63, 3.8) is 0 Å². The molecule has 3 aromatic rings. The Morgan fingerprint density at radius 3 is 2.43 bits per heavy atom. The summed E-state index contributed by atoms with van der Waals surface area (Å²) in [5.74, 6) is 0.143. The first kappa shape index (κ1) is 13.9. The Morgan fingerprint density at radius 1 is 1.05 bits per heavy atom. The smallest absolute Gasteiger partial charge is 0.252 e. The maximum Gasteiger partial charge on any atom is 0.252 e. The second kappa shape index (κ2) is 5.38. The van der Waals surface area contributed by atoms with E-state index in [9.17, 15) is 4.79 Å². The van der Waals surface area contributed by atoms with Gasteiger partial charge in [0.25, 0.3) is 5.56 Å². The van der Waals surface area contributed by atoms with E-state index in [1.807, 2.05) is 56.3 Å². The second-order valence-electron chi connectivity index (χ2n) is 5.45. The summed E-state index contributed by atoms with van der Waals surface area (Å²) in [5.41, 5.74) is 3.60. The molecule has 0 aliphatic heterocycles. The zero-order valence-electron chi connectivity index (χ0n) is 12.0. The highest BCUT2D eigenvalue weighted by atomic mass is 35.5. The fourth-order valence-corrected chi connectivity index (χ4v) is 2.92. The van der Waals surface area contributed by atoms with E-state index in [-0.39, 0.29) is 11.5 Å². The first-order valence-corrected chi connectivity index (χ1v) is 7.36. The summed E-state index contributed by atoms with van der Waals surface area (Å²) in [6.07, 6.45) is 0. The maximum atomic E-state index is 12.5. The first-order valence-electron chi connectivity index (χ1n) is 6.99. The molecule has 21 heavy (non-hydrogen) atoms. The molecule has 0 bridgehead atoms. The molecule has 0 radical (unpaired) electrons. The molecule has 0 saturated carbocycles. The van der Waals surface area contributed by atoms with E-state index in [2.05, 4.69) is 4.98 Å². The minimum atomic E-state index is -0.0429. The van der Waals surface area contributed by atoms with Crippen molar-refractivity contribution >= 4 is 22.5 Å². The zero-order valence-corrected chi connectivity index (χ0v) is 12.7. The highest BCUT2D eigenvalue weighted by Crippen LogP contribution is 2.33. The monoisotopic (exact) mass is 297 g/mol. The number of nitrogens with one attached hydrogen (secondary N) is 1. The summed E-state index contributed by atoms with van der Waals surface area (Å²) in [4.78, 5) is 15.4. The Morgan fingerprint density at radius 2 is 1.76 bits per heavy atom. The van der Waals surface area contributed by atoms with Crippen molar-refractivity contribution in [2.24, 2.45) is 0 Å². The molecule has 0 saturated heterocycles. The summed E-state index contributed by atoms with van der Waals surface area (Å²) < 4.78 is 0. The van der Waals surface area contributed by atoms with Crippen LogP contribution in [-0.2, 0) is 0 Å². The molecule has 0 fully saturated rings. The summed E-state index contributed by atoms with van der Waals surface area (Å²) in [5, 5.41) is 1.64. The molecule has 0 spiro atoms. The van der Waals surface area contributed by atoms with Gasteiger partial charge in [0.15, 0.2) is 0 Å². The van der Waals surface area contributed by atoms with Gasteiger partial charge in [0, 0.05) is 16.0 Å². The quantitative estimate of drug-likeness (QED) is 0.711. The van der Waals surface area contributed by atoms with E-state index in [1.54, 1.807) is 6.07 Å². The number of hydrogen-bond acceptors (Lipinski definition) is 1. The van der Waals surface area contributed by atoms with Gasteiger partial charge in [-0.2, -0.15) is 0 Å². The van der Waals surface area contributed by atoms with Crippen LogP contribution in [0.2, 0.25) is 5.02 Å². The van der Waals surface area contributed by atoms with Gasteiger partial charge in [-0.15, -0.1) is 0 Å². The topological polar surface area (TPSA) is 32.9 Å². The van der Waals surface area contributed by atoms with E-state index in [0.29, 0.717) is 5.02 Å². The number of benzene rings is 2. The molecule has 0 unspecified atom stereocenters. The molecule has 0 amide bonds. The largest absolute Gasteiger partial charge is 0.322 e. The van der Waals surface area contributed by atoms with E-state index in [4.69, 9.17) is 11.6 Å². The lowest BCUT2D eigenvalue weighted by Gasteiger charge is -2.15. The Kier molecular flexibility index (Phi) is 3.56. The maximum absolute atomic E-state index is 12.5. The molecular weight excluding hydrogens is 282 g/mol. The molecule has 2 nitrogen and oxygen atoms in total. The number of halogens is 1. The molecule has 106 valence electrons. The summed E-state index contributed by atoms with van der Waals surface area (Å²) in [6.45, 7) is 4.08. The van der Waals surface area contributed by atoms with Gasteiger partial charge in [-0.1, -0.05) is 61.8 Å². The fraction of sp³-hybridized carbons (Fsp3) is 0.167. The van der Waals surface area contributed by atoms with Gasteiger partial charge in [-0.25, -0.2) is 0 Å². The first-order chi connectivity index (χ1) is 10.1. The van der Waals surface area contributed by atoms with Crippen molar-refractivity contribution in [1.82, 2.24) is 4.98 Å². The summed E-state index contributed by atoms with van der Waals surface area (Å²) >= 11 is 6.05. The van der Waals surface area contributed by atoms with Crippen LogP contribution in [0.5, 0.6) is 0 Å². The van der Waals surface area contributed by atoms with Crippen LogP contribution < -0.4 is 5.56 Å². The van der Waals surface area contributed by atoms with Crippen molar-refractivity contribution < 1.29 is 0 Å². The minimum Gasteiger partial charge on any atom is -0.322 e. The molecule has 2 aromatic carbocycles. The van der Waals surface area contributed by atoms with Gasteiger partial charge in [0.05, 0.1) is 5.52 Å². The van der Waals surface area contributed by atoms with Crippen LogP contribution >= 0.6 is 11.6 Å². The molecule has 1 aromatic heterocycles. The van der Waals surface area contributed by atoms with Gasteiger partial charge in [0.2, 0.25) is 0 Å². The number of pyridine rings is 1. The number of fused-ring (bicyclic) bond motifs is 1. The van der Waals surface area contributed by atoms with Crippen LogP contribution in [0.15, 0.2) is 53.3 Å². The molecule has 3 heteroatoms. The minimum absolute atomic E-state index is 0.0429. The molecule has 0 aliphatic carbocycles. The second-order valence-corrected chi connectivity index (χ2v) is 5.89. The Labute approximate surface area is 128 Å². The van der Waals surface area contributed by atoms with E-state index < -0.39 is 0 Å². The number of aromatic amines is 1. The molecule has 1 heterocycles. The summed E-state index contributed by atoms with van der Waals surface area (Å²) in [7, 11) is 0. The third kappa shape index (κ3) is 2.47. The van der Waals surface area contributed by atoms with Crippen LogP contribution in [0.25, 0.3) is 22.0 Å². The van der Waals surface area contributed by atoms with E-state index in [0.717, 1.165) is 27.6 Å². The van der Waals surface area contributed by atoms with Crippen LogP contribution in [0, 0.1) is 0 Å². The lowest BCUT2D eigenvalue weighted by atomic mass is 9.91. The number of hydrogen-bond donors (Lipinski definition) is 1. The van der Waals surface area contributed by atoms with Crippen molar-refractivity contribution in [2.75, 3.05) is 0 Å². The average Bonchev–Trinajstić information content (AvgIpc) is 2.46. The zero-order chi connectivity index (χ0) is 15.0. The number of rotatable bonds is 2. The molecule has 0 aliphatic rings. The van der Waals surface area contributed by atoms with Gasteiger partial charge >= 0.3 is 0 Å². The molecule has 0 atom stereocenters. The van der Waals surface area contributed by atoms with E-state index in [1.165, 1.54) is 0 Å². The Bertz CT molecular complexity index is 850. The lowest BCUT2D eigenvalue weighted by molar-refractivity contribution is 0.851. The van der Waals surface area contributed by atoms with Crippen LogP contribution in [0.4, 0.5) is 0 Å². The third-order valence-electron chi connectivity index (χ3n) is 3.65. The predicted octanol–water partition coefficient (Wildman–Crippen LogP) is 4.97. The van der Waals surface area contributed by atoms with Crippen LogP contribution in [-0.4, -0.2) is 4.98 Å². The van der Waals surface area contributed by atoms with Crippen molar-refractivity contribution in [3.8, 4) is 11.1 Å². The average molecular weight is 298 g/mol. The predicted molar refractivity (Wildman–Crippen MR) is 89.1 cm³/mol. The van der Waals surface area contributed by atoms with Gasteiger partial charge in [-0.3, -0.25) is 4.79 Å². The Balaban J connectivity index is 2.48. The molecule has 1 N–H and O–H groups in total. The van der Waals surface area contributed by atoms with E-state index >= 15 is 0 Å². The molecule has 3 rings (SSSR count). The summed E-state index contributed by atoms with van der Waals surface area (Å²) in [6, 6.07) is 15.7. The van der Waals surface area contributed by atoms with Gasteiger partial charge in [0.1, 0.15) is 0 Å². The SMILES string of the molecule is CC(C)c1c(-c2ccccc2)c2ccc(Cl)cc2[nH]c1=O. The number of aromatic nitrogens is 1. The van der Waals surface area contributed by atoms with Crippen molar-refractivity contribution in [2.45, 2.75) is 19.8 Å². The normalized spacial score (nSPS) is 11.2.